The first-order valence-electron chi connectivity index (χ1n) is 3.79. The molecular formula is C6H11N3O4S. The lowest BCUT2D eigenvalue weighted by atomic mass is 10.3. The van der Waals surface area contributed by atoms with Crippen molar-refractivity contribution >= 4 is 9.84 Å². The minimum atomic E-state index is -3.20. The summed E-state index contributed by atoms with van der Waals surface area (Å²) >= 11 is 0. The maximum absolute atomic E-state index is 10.8. The van der Waals surface area contributed by atoms with Crippen molar-refractivity contribution in [3.63, 3.8) is 0 Å². The Morgan fingerprint density at radius 3 is 2.79 bits per heavy atom. The van der Waals surface area contributed by atoms with Gasteiger partial charge in [-0.2, -0.15) is 4.98 Å². The number of nitrogens with two attached hydrogens (primary N) is 1. The highest BCUT2D eigenvalue weighted by molar-refractivity contribution is 7.89. The van der Waals surface area contributed by atoms with Crippen LogP contribution in [0.4, 0.5) is 0 Å². The average molecular weight is 221 g/mol. The van der Waals surface area contributed by atoms with Gasteiger partial charge < -0.3 is 15.4 Å². The van der Waals surface area contributed by atoms with E-state index in [0.29, 0.717) is 0 Å². The van der Waals surface area contributed by atoms with Gasteiger partial charge in [0.2, 0.25) is 5.89 Å². The van der Waals surface area contributed by atoms with E-state index >= 15 is 0 Å². The molecule has 1 aromatic heterocycles. The van der Waals surface area contributed by atoms with Gasteiger partial charge >= 0.3 is 0 Å². The van der Waals surface area contributed by atoms with Gasteiger partial charge in [-0.1, -0.05) is 5.16 Å². The molecule has 80 valence electrons. The van der Waals surface area contributed by atoms with E-state index in [1.165, 1.54) is 0 Å². The third-order valence-corrected chi connectivity index (χ3v) is 2.17. The van der Waals surface area contributed by atoms with E-state index in [0.717, 1.165) is 6.26 Å². The zero-order valence-corrected chi connectivity index (χ0v) is 8.36. The molecule has 3 N–H and O–H groups in total. The lowest BCUT2D eigenvalue weighted by Crippen LogP contribution is -2.16. The van der Waals surface area contributed by atoms with Crippen LogP contribution in [-0.2, 0) is 15.6 Å². The van der Waals surface area contributed by atoms with Gasteiger partial charge in [0.05, 0.1) is 12.6 Å². The molecule has 0 bridgehead atoms. The number of aromatic nitrogens is 2. The number of rotatable bonds is 4. The molecule has 1 aromatic rings. The van der Waals surface area contributed by atoms with Gasteiger partial charge in [-0.05, 0) is 0 Å². The summed E-state index contributed by atoms with van der Waals surface area (Å²) in [7, 11) is -3.20. The molecule has 0 aliphatic rings. The number of hydrogen-bond acceptors (Lipinski definition) is 7. The maximum Gasteiger partial charge on any atom is 0.241 e. The number of aliphatic hydroxyl groups is 1. The molecule has 7 nitrogen and oxygen atoms in total. The normalized spacial score (nSPS) is 14.2. The maximum atomic E-state index is 10.8. The minimum absolute atomic E-state index is 0.0219. The highest BCUT2D eigenvalue weighted by atomic mass is 32.2. The van der Waals surface area contributed by atoms with Gasteiger partial charge in [-0.25, -0.2) is 8.42 Å². The molecule has 0 amide bonds. The zero-order valence-electron chi connectivity index (χ0n) is 7.54. The number of nitrogens with zero attached hydrogens (tertiary/aromatic N) is 2. The molecule has 1 atom stereocenters. The van der Waals surface area contributed by atoms with Gasteiger partial charge in [0.1, 0.15) is 5.75 Å². The largest absolute Gasteiger partial charge is 0.394 e. The number of aliphatic hydroxyl groups excluding tert-OH is 1. The fourth-order valence-electron chi connectivity index (χ4n) is 0.783. The van der Waals surface area contributed by atoms with Crippen LogP contribution >= 0.6 is 0 Å². The summed E-state index contributed by atoms with van der Waals surface area (Å²) in [5.74, 6) is -0.240. The van der Waals surface area contributed by atoms with Gasteiger partial charge in [-0.15, -0.1) is 0 Å². The summed E-state index contributed by atoms with van der Waals surface area (Å²) in [6.07, 6.45) is 1.06. The number of sulfone groups is 1. The van der Waals surface area contributed by atoms with Crippen molar-refractivity contribution in [2.75, 3.05) is 12.9 Å². The summed E-state index contributed by atoms with van der Waals surface area (Å²) in [6, 6.07) is -0.743. The Hall–Kier alpha value is -0.990. The molecule has 1 heterocycles. The first-order chi connectivity index (χ1) is 6.42. The van der Waals surface area contributed by atoms with E-state index in [1.54, 1.807) is 0 Å². The van der Waals surface area contributed by atoms with E-state index in [1.807, 2.05) is 0 Å². The molecule has 0 aliphatic heterocycles. The Bertz CT molecular complexity index is 399. The monoisotopic (exact) mass is 221 g/mol. The van der Waals surface area contributed by atoms with Crippen molar-refractivity contribution in [3.05, 3.63) is 11.7 Å². The molecule has 1 unspecified atom stereocenters. The summed E-state index contributed by atoms with van der Waals surface area (Å²) in [5, 5.41) is 12.1. The molecule has 0 saturated carbocycles. The molecule has 0 fully saturated rings. The first kappa shape index (κ1) is 11.1. The fourth-order valence-corrected chi connectivity index (χ4v) is 1.35. The third kappa shape index (κ3) is 3.05. The van der Waals surface area contributed by atoms with Crippen LogP contribution in [0, 0.1) is 0 Å². The van der Waals surface area contributed by atoms with Gasteiger partial charge in [0, 0.05) is 6.26 Å². The standard InChI is InChI=1S/C6H11N3O4S/c1-14(11,12)3-5-8-6(9-13-5)4(7)2-10/h4,10H,2-3,7H2,1H3. The summed E-state index contributed by atoms with van der Waals surface area (Å²) in [6.45, 7) is -0.322. The summed E-state index contributed by atoms with van der Waals surface area (Å²) in [5.41, 5.74) is 5.39. The van der Waals surface area contributed by atoms with Crippen molar-refractivity contribution in [2.45, 2.75) is 11.8 Å². The summed E-state index contributed by atoms with van der Waals surface area (Å²) in [4.78, 5) is 3.72. The average Bonchev–Trinajstić information content (AvgIpc) is 2.48. The fraction of sp³-hybridized carbons (Fsp3) is 0.667. The predicted molar refractivity (Wildman–Crippen MR) is 46.9 cm³/mol. The van der Waals surface area contributed by atoms with E-state index in [-0.39, 0.29) is 24.1 Å². The second kappa shape index (κ2) is 4.03. The molecule has 1 rings (SSSR count). The van der Waals surface area contributed by atoms with E-state index < -0.39 is 15.9 Å². The Morgan fingerprint density at radius 1 is 1.64 bits per heavy atom. The van der Waals surface area contributed by atoms with Crippen LogP contribution in [0.25, 0.3) is 0 Å². The lowest BCUT2D eigenvalue weighted by Gasteiger charge is -1.98. The van der Waals surface area contributed by atoms with E-state index in [9.17, 15) is 8.42 Å². The van der Waals surface area contributed by atoms with E-state index in [4.69, 9.17) is 10.8 Å². The first-order valence-corrected chi connectivity index (χ1v) is 5.85. The second-order valence-corrected chi connectivity index (χ2v) is 5.05. The molecule has 8 heteroatoms. The Morgan fingerprint density at radius 2 is 2.29 bits per heavy atom. The van der Waals surface area contributed by atoms with Crippen LogP contribution < -0.4 is 5.73 Å². The smallest absolute Gasteiger partial charge is 0.241 e. The second-order valence-electron chi connectivity index (χ2n) is 2.91. The van der Waals surface area contributed by atoms with Crippen LogP contribution in [0.1, 0.15) is 17.8 Å². The Balaban J connectivity index is 2.79. The van der Waals surface area contributed by atoms with Crippen LogP contribution in [0.2, 0.25) is 0 Å². The Labute approximate surface area is 80.8 Å². The predicted octanol–water partition coefficient (Wildman–Crippen LogP) is -1.39. The molecule has 14 heavy (non-hydrogen) atoms. The molecular weight excluding hydrogens is 210 g/mol. The van der Waals surface area contributed by atoms with Crippen molar-refractivity contribution in [2.24, 2.45) is 5.73 Å². The lowest BCUT2D eigenvalue weighted by molar-refractivity contribution is 0.259. The molecule has 0 aliphatic carbocycles. The van der Waals surface area contributed by atoms with Crippen molar-refractivity contribution in [1.29, 1.82) is 0 Å². The van der Waals surface area contributed by atoms with Crippen LogP contribution in [0.15, 0.2) is 4.52 Å². The van der Waals surface area contributed by atoms with Gasteiger partial charge in [0.25, 0.3) is 0 Å². The van der Waals surface area contributed by atoms with Gasteiger partial charge in [0.15, 0.2) is 15.7 Å². The topological polar surface area (TPSA) is 119 Å². The van der Waals surface area contributed by atoms with Crippen LogP contribution in [-0.4, -0.2) is 36.5 Å². The molecule has 0 aromatic carbocycles. The molecule has 0 radical (unpaired) electrons. The minimum Gasteiger partial charge on any atom is -0.394 e. The molecule has 0 spiro atoms. The Kier molecular flexibility index (Phi) is 3.19. The highest BCUT2D eigenvalue weighted by Crippen LogP contribution is 2.07. The van der Waals surface area contributed by atoms with Gasteiger partial charge in [-0.3, -0.25) is 0 Å². The quantitative estimate of drug-likeness (QED) is 0.642. The van der Waals surface area contributed by atoms with Crippen molar-refractivity contribution in [1.82, 2.24) is 10.1 Å². The highest BCUT2D eigenvalue weighted by Gasteiger charge is 2.16. The zero-order chi connectivity index (χ0) is 10.8. The van der Waals surface area contributed by atoms with Crippen LogP contribution in [0.3, 0.4) is 0 Å². The van der Waals surface area contributed by atoms with Crippen molar-refractivity contribution in [3.8, 4) is 0 Å². The van der Waals surface area contributed by atoms with Crippen LogP contribution in [0.5, 0.6) is 0 Å². The molecule has 0 saturated heterocycles. The SMILES string of the molecule is CS(=O)(=O)Cc1nc(C(N)CO)no1. The van der Waals surface area contributed by atoms with E-state index in [2.05, 4.69) is 14.7 Å². The third-order valence-electron chi connectivity index (χ3n) is 1.40. The number of hydrogen-bond donors (Lipinski definition) is 2. The summed E-state index contributed by atoms with van der Waals surface area (Å²) < 4.78 is 26.3. The van der Waals surface area contributed by atoms with Crippen molar-refractivity contribution < 1.29 is 18.0 Å².